The lowest BCUT2D eigenvalue weighted by molar-refractivity contribution is -0.113. The van der Waals surface area contributed by atoms with Crippen LogP contribution < -0.4 is 10.6 Å². The van der Waals surface area contributed by atoms with Gasteiger partial charge < -0.3 is 15.2 Å². The fourth-order valence-corrected chi connectivity index (χ4v) is 5.57. The van der Waals surface area contributed by atoms with Crippen molar-refractivity contribution in [1.82, 2.24) is 20.1 Å². The van der Waals surface area contributed by atoms with Gasteiger partial charge >= 0.3 is 0 Å². The monoisotopic (exact) mass is 637 g/mol. The molecule has 3 aromatic rings. The van der Waals surface area contributed by atoms with Gasteiger partial charge in [0.05, 0.1) is 28.1 Å². The molecule has 0 spiro atoms. The summed E-state index contributed by atoms with van der Waals surface area (Å²) in [6.45, 7) is 12.4. The maximum Gasteiger partial charge on any atom is 0.253 e. The van der Waals surface area contributed by atoms with Gasteiger partial charge in [0.15, 0.2) is 11.0 Å². The second-order valence-corrected chi connectivity index (χ2v) is 11.9. The summed E-state index contributed by atoms with van der Waals surface area (Å²) in [6.07, 6.45) is 2.35. The molecule has 0 radical (unpaired) electrons. The molecule has 7 nitrogen and oxygen atoms in total. The molecule has 202 valence electrons. The number of benzene rings is 2. The third-order valence-electron chi connectivity index (χ3n) is 5.75. The standard InChI is InChI=1S/C27H30BrCl2N5O2S/c1-6-9-35-25(23(10-15(2)3)32-26(37)19-8-7-18(29)13-21(19)30)33-34-27(35)38-14-24(36)31-22-12-17(5)16(4)11-20(22)28/h6-8,11-13,15,23H,1,9-10,14H2,2-5H3,(H,31,36)(H,32,37)/t23-/m0/s1. The van der Waals surface area contributed by atoms with E-state index in [2.05, 4.69) is 57.2 Å². The second kappa shape index (κ2) is 13.6. The molecule has 0 saturated heterocycles. The minimum Gasteiger partial charge on any atom is -0.342 e. The molecule has 0 aliphatic rings. The minimum absolute atomic E-state index is 0.135. The van der Waals surface area contributed by atoms with Gasteiger partial charge in [0, 0.05) is 16.0 Å². The van der Waals surface area contributed by atoms with Crippen LogP contribution in [0.2, 0.25) is 10.0 Å². The Hall–Kier alpha value is -2.33. The van der Waals surface area contributed by atoms with Crippen molar-refractivity contribution in [2.45, 2.75) is 51.9 Å². The summed E-state index contributed by atoms with van der Waals surface area (Å²) < 4.78 is 2.69. The molecular formula is C27H30BrCl2N5O2S. The van der Waals surface area contributed by atoms with E-state index >= 15 is 0 Å². The number of aromatic nitrogens is 3. The number of nitrogens with one attached hydrogen (secondary N) is 2. The summed E-state index contributed by atoms with van der Waals surface area (Å²) >= 11 is 17.0. The van der Waals surface area contributed by atoms with Crippen LogP contribution in [0.1, 0.15) is 53.6 Å². The minimum atomic E-state index is -0.434. The van der Waals surface area contributed by atoms with Crippen molar-refractivity contribution in [1.29, 1.82) is 0 Å². The van der Waals surface area contributed by atoms with Crippen LogP contribution in [-0.2, 0) is 11.3 Å². The van der Waals surface area contributed by atoms with Crippen LogP contribution in [0.15, 0.2) is 52.6 Å². The van der Waals surface area contributed by atoms with Gasteiger partial charge in [-0.25, -0.2) is 0 Å². The predicted molar refractivity (Wildman–Crippen MR) is 159 cm³/mol. The number of halogens is 3. The zero-order chi connectivity index (χ0) is 28.0. The Balaban J connectivity index is 1.79. The van der Waals surface area contributed by atoms with E-state index in [0.29, 0.717) is 40.2 Å². The van der Waals surface area contributed by atoms with Crippen LogP contribution >= 0.6 is 50.9 Å². The fraction of sp³-hybridized carbons (Fsp3) is 0.333. The molecule has 2 amide bonds. The van der Waals surface area contributed by atoms with Gasteiger partial charge in [-0.05, 0) is 83.6 Å². The molecule has 2 N–H and O–H groups in total. The van der Waals surface area contributed by atoms with Gasteiger partial charge in [-0.1, -0.05) is 54.9 Å². The molecule has 0 fully saturated rings. The smallest absolute Gasteiger partial charge is 0.253 e. The van der Waals surface area contributed by atoms with Crippen LogP contribution in [0.25, 0.3) is 0 Å². The van der Waals surface area contributed by atoms with Crippen LogP contribution in [0, 0.1) is 19.8 Å². The Kier molecular flexibility index (Phi) is 10.8. The number of hydrogen-bond acceptors (Lipinski definition) is 5. The molecule has 0 aliphatic carbocycles. The molecule has 11 heteroatoms. The first-order valence-corrected chi connectivity index (χ1v) is 14.5. The van der Waals surface area contributed by atoms with E-state index < -0.39 is 6.04 Å². The van der Waals surface area contributed by atoms with E-state index in [0.717, 1.165) is 15.6 Å². The average molecular weight is 639 g/mol. The summed E-state index contributed by atoms with van der Waals surface area (Å²) in [5.41, 5.74) is 3.26. The Labute approximate surface area is 245 Å². The highest BCUT2D eigenvalue weighted by atomic mass is 79.9. The largest absolute Gasteiger partial charge is 0.342 e. The van der Waals surface area contributed by atoms with E-state index in [1.165, 1.54) is 17.8 Å². The molecule has 1 heterocycles. The first-order valence-electron chi connectivity index (χ1n) is 12.0. The SMILES string of the molecule is C=CCn1c(SCC(=O)Nc2cc(C)c(C)cc2Br)nnc1[C@H](CC(C)C)NC(=O)c1ccc(Cl)cc1Cl. The van der Waals surface area contributed by atoms with E-state index in [1.54, 1.807) is 18.2 Å². The lowest BCUT2D eigenvalue weighted by Gasteiger charge is -2.21. The summed E-state index contributed by atoms with van der Waals surface area (Å²) in [5, 5.41) is 16.0. The number of anilines is 1. The molecule has 3 rings (SSSR count). The molecule has 1 aromatic heterocycles. The summed E-state index contributed by atoms with van der Waals surface area (Å²) in [7, 11) is 0. The molecule has 0 aliphatic heterocycles. The quantitative estimate of drug-likeness (QED) is 0.169. The molecule has 2 aromatic carbocycles. The van der Waals surface area contributed by atoms with Gasteiger partial charge in [-0.15, -0.1) is 16.8 Å². The summed E-state index contributed by atoms with van der Waals surface area (Å²) in [5.74, 6) is 0.470. The number of aryl methyl sites for hydroxylation is 2. The van der Waals surface area contributed by atoms with Crippen molar-refractivity contribution in [2.75, 3.05) is 11.1 Å². The number of carbonyl (C=O) groups excluding carboxylic acids is 2. The van der Waals surface area contributed by atoms with Gasteiger partial charge in [-0.3, -0.25) is 9.59 Å². The van der Waals surface area contributed by atoms with Crippen molar-refractivity contribution in [3.8, 4) is 0 Å². The topological polar surface area (TPSA) is 88.9 Å². The second-order valence-electron chi connectivity index (χ2n) is 9.27. The highest BCUT2D eigenvalue weighted by molar-refractivity contribution is 9.10. The van der Waals surface area contributed by atoms with Crippen molar-refractivity contribution < 1.29 is 9.59 Å². The van der Waals surface area contributed by atoms with Crippen LogP contribution in [0.4, 0.5) is 5.69 Å². The number of thioether (sulfide) groups is 1. The van der Waals surface area contributed by atoms with Gasteiger partial charge in [-0.2, -0.15) is 0 Å². The van der Waals surface area contributed by atoms with Crippen molar-refractivity contribution in [3.63, 3.8) is 0 Å². The number of nitrogens with zero attached hydrogens (tertiary/aromatic N) is 3. The Bertz CT molecular complexity index is 1350. The van der Waals surface area contributed by atoms with Crippen molar-refractivity contribution in [2.24, 2.45) is 5.92 Å². The van der Waals surface area contributed by atoms with E-state index in [-0.39, 0.29) is 28.5 Å². The van der Waals surface area contributed by atoms with Gasteiger partial charge in [0.25, 0.3) is 5.91 Å². The van der Waals surface area contributed by atoms with Crippen LogP contribution in [-0.4, -0.2) is 32.3 Å². The maximum absolute atomic E-state index is 13.1. The first kappa shape index (κ1) is 30.2. The zero-order valence-corrected chi connectivity index (χ0v) is 25.6. The Morgan fingerprint density at radius 3 is 2.53 bits per heavy atom. The van der Waals surface area contributed by atoms with Crippen LogP contribution in [0.3, 0.4) is 0 Å². The number of hydrogen-bond donors (Lipinski definition) is 2. The van der Waals surface area contributed by atoms with E-state index in [1.807, 2.05) is 30.5 Å². The van der Waals surface area contributed by atoms with Crippen LogP contribution in [0.5, 0.6) is 0 Å². The number of amides is 2. The average Bonchev–Trinajstić information content (AvgIpc) is 3.23. The lowest BCUT2D eigenvalue weighted by Crippen LogP contribution is -2.32. The van der Waals surface area contributed by atoms with E-state index in [9.17, 15) is 9.59 Å². The zero-order valence-electron chi connectivity index (χ0n) is 21.6. The highest BCUT2D eigenvalue weighted by Crippen LogP contribution is 2.29. The lowest BCUT2D eigenvalue weighted by atomic mass is 10.0. The molecule has 1 atom stereocenters. The van der Waals surface area contributed by atoms with Gasteiger partial charge in [0.2, 0.25) is 5.91 Å². The van der Waals surface area contributed by atoms with E-state index in [4.69, 9.17) is 23.2 Å². The molecule has 0 bridgehead atoms. The fourth-order valence-electron chi connectivity index (χ4n) is 3.77. The first-order chi connectivity index (χ1) is 18.0. The molecule has 0 saturated carbocycles. The van der Waals surface area contributed by atoms with Crippen molar-refractivity contribution >= 4 is 68.4 Å². The number of allylic oxidation sites excluding steroid dienone is 1. The number of carbonyl (C=O) groups is 2. The Morgan fingerprint density at radius 2 is 1.87 bits per heavy atom. The molecular weight excluding hydrogens is 609 g/mol. The predicted octanol–water partition coefficient (Wildman–Crippen LogP) is 7.40. The highest BCUT2D eigenvalue weighted by Gasteiger charge is 2.25. The molecule has 38 heavy (non-hydrogen) atoms. The molecule has 0 unspecified atom stereocenters. The van der Waals surface area contributed by atoms with Gasteiger partial charge in [0.1, 0.15) is 0 Å². The third kappa shape index (κ3) is 7.85. The number of rotatable bonds is 11. The normalized spacial score (nSPS) is 11.9. The summed E-state index contributed by atoms with van der Waals surface area (Å²) in [4.78, 5) is 25.8. The third-order valence-corrected chi connectivity index (χ3v) is 7.92. The Morgan fingerprint density at radius 1 is 1.16 bits per heavy atom. The maximum atomic E-state index is 13.1. The van der Waals surface area contributed by atoms with Crippen molar-refractivity contribution in [3.05, 3.63) is 80.0 Å². The summed E-state index contributed by atoms with van der Waals surface area (Å²) in [6, 6.07) is 8.23.